The number of imidazole rings is 1. The molecular formula is C28H32ClF2N3O4. The predicted octanol–water partition coefficient (Wildman–Crippen LogP) is 6.18. The zero-order valence-corrected chi connectivity index (χ0v) is 22.8. The van der Waals surface area contributed by atoms with Crippen molar-refractivity contribution in [3.8, 4) is 5.75 Å². The number of hydrogen-bond donors (Lipinski definition) is 1. The number of aryl methyl sites for hydroxylation is 1. The summed E-state index contributed by atoms with van der Waals surface area (Å²) in [5.41, 5.74) is -0.196. The second-order valence-corrected chi connectivity index (χ2v) is 11.3. The third kappa shape index (κ3) is 6.26. The lowest BCUT2D eigenvalue weighted by molar-refractivity contribution is -0.157. The van der Waals surface area contributed by atoms with E-state index in [0.717, 1.165) is 37.8 Å². The van der Waals surface area contributed by atoms with Crippen molar-refractivity contribution in [2.75, 3.05) is 6.54 Å². The van der Waals surface area contributed by atoms with E-state index in [-0.39, 0.29) is 58.0 Å². The molecule has 1 saturated carbocycles. The molecule has 1 aliphatic carbocycles. The molecule has 0 saturated heterocycles. The Morgan fingerprint density at radius 1 is 1.18 bits per heavy atom. The van der Waals surface area contributed by atoms with Gasteiger partial charge in [-0.3, -0.25) is 14.0 Å². The van der Waals surface area contributed by atoms with Crippen LogP contribution in [0.1, 0.15) is 74.6 Å². The topological polar surface area (TPSA) is 81.9 Å². The molecule has 0 bridgehead atoms. The third-order valence-electron chi connectivity index (χ3n) is 6.70. The van der Waals surface area contributed by atoms with Gasteiger partial charge in [0.05, 0.1) is 22.7 Å². The SMILES string of the molecule is Cc1nc2c(OCc3c(F)cccc3F)cc(Cl)cn2c1C(=O)NCC1(CC(=O)OC(C)(C)C)CCCC1. The van der Waals surface area contributed by atoms with Gasteiger partial charge in [-0.15, -0.1) is 0 Å². The molecule has 3 aromatic rings. The highest BCUT2D eigenvalue weighted by molar-refractivity contribution is 6.30. The summed E-state index contributed by atoms with van der Waals surface area (Å²) in [6, 6.07) is 5.06. The van der Waals surface area contributed by atoms with Gasteiger partial charge in [-0.25, -0.2) is 13.8 Å². The lowest BCUT2D eigenvalue weighted by atomic mass is 9.82. The fourth-order valence-corrected chi connectivity index (χ4v) is 5.17. The number of carbonyl (C=O) groups is 2. The number of fused-ring (bicyclic) bond motifs is 1. The van der Waals surface area contributed by atoms with Crippen LogP contribution >= 0.6 is 11.6 Å². The molecular weight excluding hydrogens is 516 g/mol. The Kier molecular flexibility index (Phi) is 7.97. The van der Waals surface area contributed by atoms with E-state index in [2.05, 4.69) is 10.3 Å². The van der Waals surface area contributed by atoms with Crippen LogP contribution in [-0.4, -0.2) is 33.4 Å². The number of hydrogen-bond acceptors (Lipinski definition) is 5. The number of amides is 1. The van der Waals surface area contributed by atoms with Gasteiger partial charge in [0.15, 0.2) is 11.4 Å². The molecule has 204 valence electrons. The lowest BCUT2D eigenvalue weighted by Gasteiger charge is -2.30. The molecule has 1 fully saturated rings. The van der Waals surface area contributed by atoms with Crippen LogP contribution in [0.4, 0.5) is 8.78 Å². The van der Waals surface area contributed by atoms with E-state index in [9.17, 15) is 18.4 Å². The second kappa shape index (κ2) is 10.9. The first-order chi connectivity index (χ1) is 17.9. The third-order valence-corrected chi connectivity index (χ3v) is 6.91. The maximum atomic E-state index is 14.1. The molecule has 10 heteroatoms. The molecule has 7 nitrogen and oxygen atoms in total. The van der Waals surface area contributed by atoms with E-state index in [1.54, 1.807) is 6.92 Å². The van der Waals surface area contributed by atoms with Crippen LogP contribution < -0.4 is 10.1 Å². The van der Waals surface area contributed by atoms with Crippen LogP contribution in [-0.2, 0) is 16.1 Å². The summed E-state index contributed by atoms with van der Waals surface area (Å²) in [7, 11) is 0. The van der Waals surface area contributed by atoms with Gasteiger partial charge in [0.1, 0.15) is 29.5 Å². The highest BCUT2D eigenvalue weighted by atomic mass is 35.5. The van der Waals surface area contributed by atoms with E-state index in [1.165, 1.54) is 22.7 Å². The Labute approximate surface area is 225 Å². The first-order valence-electron chi connectivity index (χ1n) is 12.6. The molecule has 1 aromatic carbocycles. The molecule has 0 aliphatic heterocycles. The summed E-state index contributed by atoms with van der Waals surface area (Å²) >= 11 is 6.31. The van der Waals surface area contributed by atoms with Crippen LogP contribution in [0.25, 0.3) is 5.65 Å². The van der Waals surface area contributed by atoms with Gasteiger partial charge in [0.25, 0.3) is 5.91 Å². The summed E-state index contributed by atoms with van der Waals surface area (Å²) in [6.07, 6.45) is 5.35. The molecule has 1 N–H and O–H groups in total. The van der Waals surface area contributed by atoms with E-state index in [0.29, 0.717) is 12.2 Å². The van der Waals surface area contributed by atoms with Crippen molar-refractivity contribution in [2.24, 2.45) is 5.41 Å². The van der Waals surface area contributed by atoms with Gasteiger partial charge in [0, 0.05) is 18.8 Å². The van der Waals surface area contributed by atoms with Gasteiger partial charge >= 0.3 is 5.97 Å². The maximum Gasteiger partial charge on any atom is 0.306 e. The summed E-state index contributed by atoms with van der Waals surface area (Å²) in [4.78, 5) is 30.4. The number of ether oxygens (including phenoxy) is 2. The van der Waals surface area contributed by atoms with Crippen molar-refractivity contribution < 1.29 is 27.8 Å². The van der Waals surface area contributed by atoms with E-state index in [1.807, 2.05) is 20.8 Å². The summed E-state index contributed by atoms with van der Waals surface area (Å²) < 4.78 is 40.9. The van der Waals surface area contributed by atoms with E-state index in [4.69, 9.17) is 21.1 Å². The number of benzene rings is 1. The molecule has 1 aliphatic rings. The first kappa shape index (κ1) is 27.8. The number of esters is 1. The highest BCUT2D eigenvalue weighted by Gasteiger charge is 2.38. The minimum atomic E-state index is -0.727. The molecule has 0 unspecified atom stereocenters. The zero-order valence-electron chi connectivity index (χ0n) is 22.0. The van der Waals surface area contributed by atoms with Crippen molar-refractivity contribution in [3.63, 3.8) is 0 Å². The summed E-state index contributed by atoms with van der Waals surface area (Å²) in [6.45, 7) is 7.11. The Bertz CT molecular complexity index is 1340. The normalized spacial score (nSPS) is 15.0. The van der Waals surface area contributed by atoms with Gasteiger partial charge in [-0.1, -0.05) is 30.5 Å². The molecule has 0 atom stereocenters. The van der Waals surface area contributed by atoms with Crippen molar-refractivity contribution in [3.05, 3.63) is 64.1 Å². The molecule has 4 rings (SSSR count). The fraction of sp³-hybridized carbons (Fsp3) is 0.464. The molecule has 0 spiro atoms. The molecule has 2 aromatic heterocycles. The minimum absolute atomic E-state index is 0.180. The molecule has 38 heavy (non-hydrogen) atoms. The van der Waals surface area contributed by atoms with Gasteiger partial charge in [-0.2, -0.15) is 0 Å². The predicted molar refractivity (Wildman–Crippen MR) is 139 cm³/mol. The smallest absolute Gasteiger partial charge is 0.306 e. The van der Waals surface area contributed by atoms with Crippen LogP contribution in [0.3, 0.4) is 0 Å². The van der Waals surface area contributed by atoms with Crippen molar-refractivity contribution >= 4 is 29.1 Å². The van der Waals surface area contributed by atoms with Crippen LogP contribution in [0.2, 0.25) is 5.02 Å². The highest BCUT2D eigenvalue weighted by Crippen LogP contribution is 2.41. The van der Waals surface area contributed by atoms with Crippen molar-refractivity contribution in [2.45, 2.75) is 72.0 Å². The average molecular weight is 548 g/mol. The largest absolute Gasteiger partial charge is 0.485 e. The van der Waals surface area contributed by atoms with Gasteiger partial charge in [-0.05, 0) is 58.1 Å². The molecule has 1 amide bonds. The lowest BCUT2D eigenvalue weighted by Crippen LogP contribution is -2.39. The Morgan fingerprint density at radius 2 is 1.84 bits per heavy atom. The monoisotopic (exact) mass is 547 g/mol. The molecule has 2 heterocycles. The summed E-state index contributed by atoms with van der Waals surface area (Å²) in [5, 5.41) is 3.24. The zero-order chi connectivity index (χ0) is 27.7. The second-order valence-electron chi connectivity index (χ2n) is 10.9. The Hall–Kier alpha value is -3.20. The van der Waals surface area contributed by atoms with E-state index >= 15 is 0 Å². The first-order valence-corrected chi connectivity index (χ1v) is 13.0. The standard InChI is InChI=1S/C28H32ClF2N3O4/c1-17-24(26(36)32-16-28(10-5-6-11-28)13-23(35)38-27(2,3)4)34-14-18(29)12-22(25(34)33-17)37-15-19-20(30)8-7-9-21(19)31/h7-9,12,14H,5-6,10-11,13,15-16H2,1-4H3,(H,32,36). The van der Waals surface area contributed by atoms with Crippen LogP contribution in [0.5, 0.6) is 5.75 Å². The number of aromatic nitrogens is 2. The van der Waals surface area contributed by atoms with Crippen LogP contribution in [0.15, 0.2) is 30.5 Å². The number of nitrogens with zero attached hydrogens (tertiary/aromatic N) is 2. The minimum Gasteiger partial charge on any atom is -0.485 e. The number of carbonyl (C=O) groups excluding carboxylic acids is 2. The maximum absolute atomic E-state index is 14.1. The average Bonchev–Trinajstić information content (AvgIpc) is 3.39. The van der Waals surface area contributed by atoms with Crippen molar-refractivity contribution in [1.29, 1.82) is 0 Å². The van der Waals surface area contributed by atoms with Gasteiger partial charge < -0.3 is 14.8 Å². The Balaban J connectivity index is 1.54. The van der Waals surface area contributed by atoms with Crippen LogP contribution in [0, 0.1) is 24.0 Å². The van der Waals surface area contributed by atoms with Gasteiger partial charge in [0.2, 0.25) is 0 Å². The molecule has 0 radical (unpaired) electrons. The quantitative estimate of drug-likeness (QED) is 0.341. The van der Waals surface area contributed by atoms with E-state index < -0.39 is 17.2 Å². The number of pyridine rings is 1. The number of nitrogens with one attached hydrogen (secondary N) is 1. The summed E-state index contributed by atoms with van der Waals surface area (Å²) in [5.74, 6) is -1.93. The number of rotatable bonds is 8. The van der Waals surface area contributed by atoms with Crippen molar-refractivity contribution in [1.82, 2.24) is 14.7 Å². The Morgan fingerprint density at radius 3 is 2.47 bits per heavy atom. The number of halogens is 3. The fourth-order valence-electron chi connectivity index (χ4n) is 4.97.